The number of anilines is 1. The second kappa shape index (κ2) is 5.54. The van der Waals surface area contributed by atoms with Crippen LogP contribution in [0.5, 0.6) is 0 Å². The fourth-order valence-corrected chi connectivity index (χ4v) is 1.78. The van der Waals surface area contributed by atoms with Gasteiger partial charge >= 0.3 is 0 Å². The summed E-state index contributed by atoms with van der Waals surface area (Å²) in [7, 11) is 0. The Morgan fingerprint density at radius 2 is 2.22 bits per heavy atom. The summed E-state index contributed by atoms with van der Waals surface area (Å²) in [6.07, 6.45) is 1.57. The van der Waals surface area contributed by atoms with Crippen LogP contribution in [0.4, 0.5) is 11.4 Å². The molecule has 92 valence electrons. The number of nitro groups is 1. The van der Waals surface area contributed by atoms with Crippen molar-refractivity contribution in [2.24, 2.45) is 0 Å². The van der Waals surface area contributed by atoms with Crippen molar-refractivity contribution < 1.29 is 4.92 Å². The Kier molecular flexibility index (Phi) is 3.83. The molecule has 0 aliphatic carbocycles. The molecule has 2 aromatic rings. The topological polar surface area (TPSA) is 81.0 Å². The Labute approximate surface area is 111 Å². The predicted octanol–water partition coefficient (Wildman–Crippen LogP) is 2.76. The van der Waals surface area contributed by atoms with E-state index in [0.717, 1.165) is 4.47 Å². The van der Waals surface area contributed by atoms with E-state index >= 15 is 0 Å². The molecule has 1 aromatic carbocycles. The average molecular weight is 309 g/mol. The van der Waals surface area contributed by atoms with E-state index in [0.29, 0.717) is 17.9 Å². The van der Waals surface area contributed by atoms with E-state index in [2.05, 4.69) is 31.4 Å². The molecule has 0 fully saturated rings. The first-order valence-electron chi connectivity index (χ1n) is 5.11. The summed E-state index contributed by atoms with van der Waals surface area (Å²) in [5, 5.41) is 21.5. The maximum Gasteiger partial charge on any atom is 0.292 e. The second-order valence-electron chi connectivity index (χ2n) is 3.49. The molecule has 18 heavy (non-hydrogen) atoms. The maximum absolute atomic E-state index is 10.9. The van der Waals surface area contributed by atoms with E-state index in [4.69, 9.17) is 0 Å². The lowest BCUT2D eigenvalue weighted by Crippen LogP contribution is -2.04. The molecular formula is C11H9BrN4O2. The largest absolute Gasteiger partial charge is 0.374 e. The van der Waals surface area contributed by atoms with Crippen LogP contribution in [0.2, 0.25) is 0 Å². The average Bonchev–Trinajstić information content (AvgIpc) is 2.37. The fourth-order valence-electron chi connectivity index (χ4n) is 1.42. The molecule has 0 amide bonds. The van der Waals surface area contributed by atoms with Gasteiger partial charge in [-0.1, -0.05) is 15.9 Å². The number of benzene rings is 1. The van der Waals surface area contributed by atoms with Crippen molar-refractivity contribution in [2.45, 2.75) is 6.54 Å². The lowest BCUT2D eigenvalue weighted by molar-refractivity contribution is -0.384. The Balaban J connectivity index is 2.18. The number of aromatic nitrogens is 2. The second-order valence-corrected chi connectivity index (χ2v) is 4.40. The monoisotopic (exact) mass is 308 g/mol. The van der Waals surface area contributed by atoms with Crippen molar-refractivity contribution in [2.75, 3.05) is 5.32 Å². The van der Waals surface area contributed by atoms with Crippen LogP contribution >= 0.6 is 15.9 Å². The summed E-state index contributed by atoms with van der Waals surface area (Å²) in [4.78, 5) is 10.4. The van der Waals surface area contributed by atoms with E-state index in [1.165, 1.54) is 6.07 Å². The third-order valence-electron chi connectivity index (χ3n) is 2.24. The van der Waals surface area contributed by atoms with Gasteiger partial charge in [0.2, 0.25) is 0 Å². The van der Waals surface area contributed by atoms with Crippen LogP contribution in [0, 0.1) is 10.1 Å². The fraction of sp³-hybridized carbons (Fsp3) is 0.0909. The number of halogens is 1. The van der Waals surface area contributed by atoms with Crippen molar-refractivity contribution in [3.8, 4) is 0 Å². The number of nitrogens with zero attached hydrogens (tertiary/aromatic N) is 3. The number of hydrogen-bond donors (Lipinski definition) is 1. The summed E-state index contributed by atoms with van der Waals surface area (Å²) in [6, 6.07) is 8.30. The minimum Gasteiger partial charge on any atom is -0.374 e. The van der Waals surface area contributed by atoms with Crippen LogP contribution in [-0.4, -0.2) is 15.1 Å². The number of rotatable bonds is 4. The third kappa shape index (κ3) is 3.01. The van der Waals surface area contributed by atoms with Gasteiger partial charge in [-0.05, 0) is 24.3 Å². The lowest BCUT2D eigenvalue weighted by Gasteiger charge is -2.06. The standard InChI is InChI=1S/C11H9BrN4O2/c12-8-3-4-11(16(17)18)10(6-8)13-7-9-2-1-5-14-15-9/h1-6,13H,7H2. The first-order valence-corrected chi connectivity index (χ1v) is 5.90. The molecule has 0 spiro atoms. The summed E-state index contributed by atoms with van der Waals surface area (Å²) in [6.45, 7) is 0.380. The molecule has 7 heteroatoms. The zero-order chi connectivity index (χ0) is 13.0. The minimum atomic E-state index is -0.425. The normalized spacial score (nSPS) is 10.1. The van der Waals surface area contributed by atoms with Gasteiger partial charge in [-0.25, -0.2) is 0 Å². The maximum atomic E-state index is 10.9. The zero-order valence-corrected chi connectivity index (χ0v) is 10.8. The van der Waals surface area contributed by atoms with Gasteiger partial charge in [-0.2, -0.15) is 10.2 Å². The van der Waals surface area contributed by atoms with Crippen molar-refractivity contribution in [3.05, 3.63) is 56.8 Å². The lowest BCUT2D eigenvalue weighted by atomic mass is 10.2. The van der Waals surface area contributed by atoms with Crippen molar-refractivity contribution >= 4 is 27.3 Å². The molecule has 0 atom stereocenters. The molecule has 0 bridgehead atoms. The molecule has 0 radical (unpaired) electrons. The minimum absolute atomic E-state index is 0.0297. The van der Waals surface area contributed by atoms with Crippen molar-refractivity contribution in [1.29, 1.82) is 0 Å². The highest BCUT2D eigenvalue weighted by Gasteiger charge is 2.13. The van der Waals surface area contributed by atoms with E-state index in [9.17, 15) is 10.1 Å². The molecule has 6 nitrogen and oxygen atoms in total. The van der Waals surface area contributed by atoms with Crippen LogP contribution < -0.4 is 5.32 Å². The molecule has 1 N–H and O–H groups in total. The van der Waals surface area contributed by atoms with Crippen LogP contribution in [0.25, 0.3) is 0 Å². The van der Waals surface area contributed by atoms with Crippen molar-refractivity contribution in [1.82, 2.24) is 10.2 Å². The molecule has 2 rings (SSSR count). The van der Waals surface area contributed by atoms with Crippen LogP contribution in [0.3, 0.4) is 0 Å². The Morgan fingerprint density at radius 1 is 1.39 bits per heavy atom. The summed E-state index contributed by atoms with van der Waals surface area (Å²) in [5.74, 6) is 0. The highest BCUT2D eigenvalue weighted by atomic mass is 79.9. The molecule has 0 saturated heterocycles. The van der Waals surface area contributed by atoms with E-state index in [1.807, 2.05) is 0 Å². The Morgan fingerprint density at radius 3 is 2.89 bits per heavy atom. The van der Waals surface area contributed by atoms with E-state index < -0.39 is 4.92 Å². The van der Waals surface area contributed by atoms with Crippen LogP contribution in [-0.2, 0) is 6.54 Å². The number of nitro benzene ring substituents is 1. The summed E-state index contributed by atoms with van der Waals surface area (Å²) >= 11 is 3.28. The van der Waals surface area contributed by atoms with Gasteiger partial charge in [0.1, 0.15) is 5.69 Å². The predicted molar refractivity (Wildman–Crippen MR) is 70.2 cm³/mol. The van der Waals surface area contributed by atoms with E-state index in [1.54, 1.807) is 30.5 Å². The van der Waals surface area contributed by atoms with Gasteiger partial charge in [-0.15, -0.1) is 0 Å². The van der Waals surface area contributed by atoms with Gasteiger partial charge in [0, 0.05) is 16.7 Å². The Hall–Kier alpha value is -2.02. The van der Waals surface area contributed by atoms with Gasteiger partial charge in [0.25, 0.3) is 5.69 Å². The summed E-state index contributed by atoms with van der Waals surface area (Å²) < 4.78 is 0.773. The molecule has 0 unspecified atom stereocenters. The van der Waals surface area contributed by atoms with E-state index in [-0.39, 0.29) is 5.69 Å². The molecular weight excluding hydrogens is 300 g/mol. The van der Waals surface area contributed by atoms with Crippen LogP contribution in [0.1, 0.15) is 5.69 Å². The Bertz CT molecular complexity index is 562. The molecule has 0 aliphatic rings. The SMILES string of the molecule is O=[N+]([O-])c1ccc(Br)cc1NCc1cccnn1. The highest BCUT2D eigenvalue weighted by molar-refractivity contribution is 9.10. The zero-order valence-electron chi connectivity index (χ0n) is 9.21. The molecule has 0 aliphatic heterocycles. The number of hydrogen-bond acceptors (Lipinski definition) is 5. The van der Waals surface area contributed by atoms with Gasteiger partial charge < -0.3 is 5.32 Å². The van der Waals surface area contributed by atoms with Gasteiger partial charge in [-0.3, -0.25) is 10.1 Å². The van der Waals surface area contributed by atoms with Crippen molar-refractivity contribution in [3.63, 3.8) is 0 Å². The molecule has 1 heterocycles. The number of nitrogens with one attached hydrogen (secondary N) is 1. The van der Waals surface area contributed by atoms with Gasteiger partial charge in [0.15, 0.2) is 0 Å². The van der Waals surface area contributed by atoms with Crippen LogP contribution in [0.15, 0.2) is 41.0 Å². The molecule has 1 aromatic heterocycles. The quantitative estimate of drug-likeness (QED) is 0.694. The first-order chi connectivity index (χ1) is 8.66. The molecule has 0 saturated carbocycles. The smallest absolute Gasteiger partial charge is 0.292 e. The van der Waals surface area contributed by atoms with Gasteiger partial charge in [0.05, 0.1) is 17.2 Å². The first kappa shape index (κ1) is 12.4. The summed E-state index contributed by atoms with van der Waals surface area (Å²) in [5.41, 5.74) is 1.19. The highest BCUT2D eigenvalue weighted by Crippen LogP contribution is 2.28. The third-order valence-corrected chi connectivity index (χ3v) is 2.74.